The maximum atomic E-state index is 11.9. The molecule has 21 heavy (non-hydrogen) atoms. The lowest BCUT2D eigenvalue weighted by Crippen LogP contribution is -2.42. The Morgan fingerprint density at radius 2 is 1.57 bits per heavy atom. The van der Waals surface area contributed by atoms with Crippen molar-refractivity contribution in [3.63, 3.8) is 0 Å². The molecule has 4 nitrogen and oxygen atoms in total. The summed E-state index contributed by atoms with van der Waals surface area (Å²) in [5.74, 6) is -0.0517. The average molecular weight is 299 g/mol. The van der Waals surface area contributed by atoms with Crippen LogP contribution in [0.2, 0.25) is 0 Å². The highest BCUT2D eigenvalue weighted by molar-refractivity contribution is 5.84. The number of methoxy groups -OCH3 is 1. The summed E-state index contributed by atoms with van der Waals surface area (Å²) in [4.78, 5) is 23.5. The summed E-state index contributed by atoms with van der Waals surface area (Å²) in [6.45, 7) is 6.26. The molecule has 0 spiro atoms. The number of carbonyl (C=O) groups excluding carboxylic acids is 2. The second kappa shape index (κ2) is 12.7. The van der Waals surface area contributed by atoms with Crippen molar-refractivity contribution in [3.05, 3.63) is 0 Å². The van der Waals surface area contributed by atoms with Crippen molar-refractivity contribution < 1.29 is 14.3 Å². The molecule has 1 N–H and O–H groups in total. The van der Waals surface area contributed by atoms with Crippen LogP contribution in [0.15, 0.2) is 0 Å². The fraction of sp³-hybridized carbons (Fsp3) is 0.882. The zero-order valence-electron chi connectivity index (χ0n) is 14.2. The molecule has 0 radical (unpaired) electrons. The first-order valence-electron chi connectivity index (χ1n) is 8.38. The monoisotopic (exact) mass is 299 g/mol. The molecule has 0 saturated heterocycles. The predicted molar refractivity (Wildman–Crippen MR) is 86.0 cm³/mol. The van der Waals surface area contributed by atoms with E-state index in [1.54, 1.807) is 0 Å². The van der Waals surface area contributed by atoms with Gasteiger partial charge in [-0.25, -0.2) is 4.79 Å². The summed E-state index contributed by atoms with van der Waals surface area (Å²) in [6, 6.07) is -0.507. The molecule has 1 amide bonds. The van der Waals surface area contributed by atoms with Gasteiger partial charge in [-0.3, -0.25) is 4.79 Å². The second-order valence-corrected chi connectivity index (χ2v) is 6.14. The molecule has 0 rings (SSSR count). The molecule has 4 heteroatoms. The van der Waals surface area contributed by atoms with Crippen LogP contribution in [0.1, 0.15) is 78.6 Å². The lowest BCUT2D eigenvalue weighted by atomic mass is 10.0. The fourth-order valence-electron chi connectivity index (χ4n) is 2.34. The van der Waals surface area contributed by atoms with E-state index in [9.17, 15) is 9.59 Å². The van der Waals surface area contributed by atoms with E-state index in [0.717, 1.165) is 12.8 Å². The summed E-state index contributed by atoms with van der Waals surface area (Å²) < 4.78 is 4.74. The Bertz CT molecular complexity index is 290. The molecule has 0 heterocycles. The number of unbranched alkanes of at least 4 members (excludes halogenated alkanes) is 6. The number of esters is 1. The van der Waals surface area contributed by atoms with E-state index < -0.39 is 6.04 Å². The van der Waals surface area contributed by atoms with Crippen LogP contribution in [-0.2, 0) is 14.3 Å². The van der Waals surface area contributed by atoms with Crippen molar-refractivity contribution in [1.29, 1.82) is 0 Å². The molecule has 0 saturated carbocycles. The highest BCUT2D eigenvalue weighted by Gasteiger charge is 2.22. The molecule has 0 fully saturated rings. The smallest absolute Gasteiger partial charge is 0.328 e. The maximum Gasteiger partial charge on any atom is 0.328 e. The van der Waals surface area contributed by atoms with Crippen molar-refractivity contribution in [2.24, 2.45) is 5.92 Å². The number of amides is 1. The van der Waals surface area contributed by atoms with Crippen molar-refractivity contribution in [1.82, 2.24) is 5.32 Å². The number of hydrogen-bond donors (Lipinski definition) is 1. The highest BCUT2D eigenvalue weighted by Crippen LogP contribution is 2.10. The van der Waals surface area contributed by atoms with Gasteiger partial charge in [0.25, 0.3) is 0 Å². The second-order valence-electron chi connectivity index (χ2n) is 6.14. The van der Waals surface area contributed by atoms with Crippen LogP contribution >= 0.6 is 0 Å². The van der Waals surface area contributed by atoms with Gasteiger partial charge in [-0.2, -0.15) is 0 Å². The minimum absolute atomic E-state index is 0.0420. The summed E-state index contributed by atoms with van der Waals surface area (Å²) in [7, 11) is 1.36. The summed E-state index contributed by atoms with van der Waals surface area (Å²) in [5.41, 5.74) is 0. The molecule has 0 aromatic rings. The molecule has 1 atom stereocenters. The quantitative estimate of drug-likeness (QED) is 0.440. The molecule has 0 aromatic heterocycles. The molecule has 0 aromatic carbocycles. The largest absolute Gasteiger partial charge is 0.467 e. The molecule has 124 valence electrons. The van der Waals surface area contributed by atoms with Gasteiger partial charge in [0, 0.05) is 6.42 Å². The van der Waals surface area contributed by atoms with E-state index in [-0.39, 0.29) is 11.9 Å². The van der Waals surface area contributed by atoms with Gasteiger partial charge in [0.2, 0.25) is 5.91 Å². The zero-order chi connectivity index (χ0) is 16.1. The Hall–Kier alpha value is -1.06. The molecule has 1 unspecified atom stereocenters. The Labute approximate surface area is 130 Å². The number of rotatable bonds is 12. The van der Waals surface area contributed by atoms with Crippen LogP contribution in [-0.4, -0.2) is 25.0 Å². The number of ether oxygens (including phenoxy) is 1. The van der Waals surface area contributed by atoms with E-state index in [0.29, 0.717) is 18.8 Å². The molecule has 0 aliphatic rings. The minimum atomic E-state index is -0.507. The van der Waals surface area contributed by atoms with Crippen molar-refractivity contribution in [2.45, 2.75) is 84.6 Å². The molecular weight excluding hydrogens is 266 g/mol. The van der Waals surface area contributed by atoms with Crippen LogP contribution < -0.4 is 5.32 Å². The lowest BCUT2D eigenvalue weighted by molar-refractivity contribution is -0.145. The summed E-state index contributed by atoms with van der Waals surface area (Å²) >= 11 is 0. The molecule has 0 aliphatic carbocycles. The van der Waals surface area contributed by atoms with E-state index in [2.05, 4.69) is 12.2 Å². The Kier molecular flexibility index (Phi) is 12.0. The van der Waals surface area contributed by atoms with Crippen LogP contribution in [0.25, 0.3) is 0 Å². The predicted octanol–water partition coefficient (Wildman–Crippen LogP) is 3.83. The third kappa shape index (κ3) is 11.3. The lowest BCUT2D eigenvalue weighted by Gasteiger charge is -2.18. The van der Waals surface area contributed by atoms with Gasteiger partial charge in [0.1, 0.15) is 6.04 Å². The third-order valence-electron chi connectivity index (χ3n) is 3.54. The van der Waals surface area contributed by atoms with Gasteiger partial charge in [0.05, 0.1) is 7.11 Å². The van der Waals surface area contributed by atoms with Crippen LogP contribution in [0.5, 0.6) is 0 Å². The zero-order valence-corrected chi connectivity index (χ0v) is 14.2. The first-order chi connectivity index (χ1) is 10.0. The standard InChI is InChI=1S/C17H33NO3/c1-5-6-7-8-9-10-11-12-16(19)18-15(13-14(2)3)17(20)21-4/h14-15H,5-13H2,1-4H3,(H,18,19). The topological polar surface area (TPSA) is 55.4 Å². The first kappa shape index (κ1) is 19.9. The van der Waals surface area contributed by atoms with Crippen molar-refractivity contribution in [2.75, 3.05) is 7.11 Å². The van der Waals surface area contributed by atoms with E-state index in [1.165, 1.54) is 39.2 Å². The van der Waals surface area contributed by atoms with Gasteiger partial charge in [-0.05, 0) is 18.8 Å². The number of carbonyl (C=O) groups is 2. The summed E-state index contributed by atoms with van der Waals surface area (Å²) in [6.07, 6.45) is 9.41. The van der Waals surface area contributed by atoms with E-state index in [1.807, 2.05) is 13.8 Å². The summed E-state index contributed by atoms with van der Waals surface area (Å²) in [5, 5.41) is 2.80. The van der Waals surface area contributed by atoms with Crippen LogP contribution in [0.3, 0.4) is 0 Å². The highest BCUT2D eigenvalue weighted by atomic mass is 16.5. The first-order valence-corrected chi connectivity index (χ1v) is 8.38. The normalized spacial score (nSPS) is 12.2. The number of nitrogens with one attached hydrogen (secondary N) is 1. The Morgan fingerprint density at radius 1 is 1.00 bits per heavy atom. The van der Waals surface area contributed by atoms with Gasteiger partial charge in [0.15, 0.2) is 0 Å². The van der Waals surface area contributed by atoms with Gasteiger partial charge in [-0.1, -0.05) is 59.3 Å². The Balaban J connectivity index is 3.85. The van der Waals surface area contributed by atoms with Crippen molar-refractivity contribution >= 4 is 11.9 Å². The number of hydrogen-bond acceptors (Lipinski definition) is 3. The van der Waals surface area contributed by atoms with E-state index >= 15 is 0 Å². The third-order valence-corrected chi connectivity index (χ3v) is 3.54. The van der Waals surface area contributed by atoms with Crippen molar-refractivity contribution in [3.8, 4) is 0 Å². The average Bonchev–Trinajstić information content (AvgIpc) is 2.44. The molecule has 0 aliphatic heterocycles. The van der Waals surface area contributed by atoms with E-state index in [4.69, 9.17) is 4.74 Å². The van der Waals surface area contributed by atoms with Crippen LogP contribution in [0, 0.1) is 5.92 Å². The SMILES string of the molecule is CCCCCCCCCC(=O)NC(CC(C)C)C(=O)OC. The maximum absolute atomic E-state index is 11.9. The fourth-order valence-corrected chi connectivity index (χ4v) is 2.34. The molecular formula is C17H33NO3. The Morgan fingerprint density at radius 3 is 2.10 bits per heavy atom. The van der Waals surface area contributed by atoms with Gasteiger partial charge >= 0.3 is 5.97 Å². The van der Waals surface area contributed by atoms with Crippen LogP contribution in [0.4, 0.5) is 0 Å². The minimum Gasteiger partial charge on any atom is -0.467 e. The van der Waals surface area contributed by atoms with Gasteiger partial charge < -0.3 is 10.1 Å². The molecule has 0 bridgehead atoms. The van der Waals surface area contributed by atoms with Gasteiger partial charge in [-0.15, -0.1) is 0 Å².